The molecule has 0 saturated carbocycles. The molecule has 1 saturated heterocycles. The Balaban J connectivity index is 1.66. The average molecular weight is 425 g/mol. The van der Waals surface area contributed by atoms with Crippen molar-refractivity contribution < 1.29 is 18.0 Å². The minimum Gasteiger partial charge on any atom is -0.369 e. The lowest BCUT2D eigenvalue weighted by Gasteiger charge is -2.39. The minimum absolute atomic E-state index is 0.186. The van der Waals surface area contributed by atoms with Crippen LogP contribution in [-0.4, -0.2) is 18.5 Å². The molecule has 3 nitrogen and oxygen atoms in total. The molecule has 1 fully saturated rings. The molecule has 1 aliphatic rings. The van der Waals surface area contributed by atoms with Crippen LogP contribution in [0.5, 0.6) is 0 Å². The summed E-state index contributed by atoms with van der Waals surface area (Å²) < 4.78 is 38.9. The van der Waals surface area contributed by atoms with Gasteiger partial charge in [0.15, 0.2) is 0 Å². The van der Waals surface area contributed by atoms with Crippen molar-refractivity contribution in [2.24, 2.45) is 5.92 Å². The van der Waals surface area contributed by atoms with Gasteiger partial charge < -0.3 is 10.2 Å². The molecule has 7 heteroatoms. The monoisotopic (exact) mass is 424 g/mol. The van der Waals surface area contributed by atoms with E-state index in [4.69, 9.17) is 11.6 Å². The molecule has 3 rings (SSSR count). The predicted octanol–water partition coefficient (Wildman–Crippen LogP) is 5.91. The molecule has 1 N–H and O–H groups in total. The molecule has 2 aromatic rings. The lowest BCUT2D eigenvalue weighted by Crippen LogP contribution is -2.42. The van der Waals surface area contributed by atoms with Gasteiger partial charge in [0.25, 0.3) is 5.91 Å². The number of hydrogen-bond acceptors (Lipinski definition) is 2. The number of anilines is 1. The Morgan fingerprint density at radius 2 is 1.86 bits per heavy atom. The number of amides is 1. The van der Waals surface area contributed by atoms with E-state index in [0.717, 1.165) is 23.9 Å². The number of piperidine rings is 1. The Bertz CT molecular complexity index is 867. The van der Waals surface area contributed by atoms with Crippen molar-refractivity contribution in [2.45, 2.75) is 45.5 Å². The van der Waals surface area contributed by atoms with Crippen molar-refractivity contribution in [1.29, 1.82) is 0 Å². The third-order valence-electron chi connectivity index (χ3n) is 5.64. The summed E-state index contributed by atoms with van der Waals surface area (Å²) in [4.78, 5) is 14.7. The Hall–Kier alpha value is -2.21. The van der Waals surface area contributed by atoms with Gasteiger partial charge in [0.2, 0.25) is 0 Å². The first-order valence-corrected chi connectivity index (χ1v) is 10.1. The summed E-state index contributed by atoms with van der Waals surface area (Å²) >= 11 is 5.82. The minimum atomic E-state index is -4.60. The van der Waals surface area contributed by atoms with Crippen molar-refractivity contribution in [2.75, 3.05) is 11.4 Å². The number of nitrogens with one attached hydrogen (secondary N) is 1. The third-order valence-corrected chi connectivity index (χ3v) is 6.05. The average Bonchev–Trinajstić information content (AvgIpc) is 2.68. The van der Waals surface area contributed by atoms with E-state index < -0.39 is 22.7 Å². The van der Waals surface area contributed by atoms with Crippen LogP contribution in [0.2, 0.25) is 5.02 Å². The molecule has 1 amide bonds. The Morgan fingerprint density at radius 1 is 1.17 bits per heavy atom. The fourth-order valence-corrected chi connectivity index (χ4v) is 4.03. The number of nitrogens with zero attached hydrogens (tertiary/aromatic N) is 1. The van der Waals surface area contributed by atoms with Crippen molar-refractivity contribution >= 4 is 23.2 Å². The molecule has 156 valence electrons. The zero-order valence-electron chi connectivity index (χ0n) is 16.4. The van der Waals surface area contributed by atoms with Crippen molar-refractivity contribution in [3.05, 3.63) is 64.2 Å². The number of halogens is 4. The molecule has 0 spiro atoms. The molecule has 2 unspecified atom stereocenters. The normalized spacial score (nSPS) is 19.9. The first kappa shape index (κ1) is 21.5. The van der Waals surface area contributed by atoms with Crippen LogP contribution >= 0.6 is 11.6 Å². The molecule has 1 aliphatic heterocycles. The highest BCUT2D eigenvalue weighted by atomic mass is 35.5. The second kappa shape index (κ2) is 8.66. The molecular weight excluding hydrogens is 401 g/mol. The van der Waals surface area contributed by atoms with Gasteiger partial charge in [-0.15, -0.1) is 0 Å². The second-order valence-electron chi connectivity index (χ2n) is 7.57. The largest absolute Gasteiger partial charge is 0.417 e. The van der Waals surface area contributed by atoms with Crippen molar-refractivity contribution in [3.8, 4) is 0 Å². The molecule has 2 aromatic carbocycles. The number of carbonyl (C=O) groups excluding carboxylic acids is 1. The Kier molecular flexibility index (Phi) is 6.42. The maximum Gasteiger partial charge on any atom is 0.417 e. The number of rotatable bonds is 4. The summed E-state index contributed by atoms with van der Waals surface area (Å²) in [5.74, 6) is 0.00331. The van der Waals surface area contributed by atoms with E-state index in [1.165, 1.54) is 25.0 Å². The molecule has 1 heterocycles. The zero-order chi connectivity index (χ0) is 21.2. The molecular formula is C22H24ClF3N2O. The van der Waals surface area contributed by atoms with Crippen LogP contribution in [0, 0.1) is 5.92 Å². The van der Waals surface area contributed by atoms with Crippen LogP contribution < -0.4 is 10.2 Å². The highest BCUT2D eigenvalue weighted by molar-refractivity contribution is 6.34. The van der Waals surface area contributed by atoms with Crippen molar-refractivity contribution in [1.82, 2.24) is 5.32 Å². The number of hydrogen-bond donors (Lipinski definition) is 1. The van der Waals surface area contributed by atoms with E-state index in [2.05, 4.69) is 24.1 Å². The van der Waals surface area contributed by atoms with Gasteiger partial charge in [-0.25, -0.2) is 0 Å². The molecule has 29 heavy (non-hydrogen) atoms. The van der Waals surface area contributed by atoms with Gasteiger partial charge >= 0.3 is 6.18 Å². The topological polar surface area (TPSA) is 32.3 Å². The maximum atomic E-state index is 13.0. The number of benzene rings is 2. The Labute approximate surface area is 173 Å². The van der Waals surface area contributed by atoms with Gasteiger partial charge in [-0.05, 0) is 55.5 Å². The zero-order valence-corrected chi connectivity index (χ0v) is 17.1. The fraction of sp³-hybridized carbons (Fsp3) is 0.409. The standard InChI is InChI=1S/C22H24ClF3N2O/c1-14-5-4-12-28(15(14)2)17-10-8-16(9-11-17)13-27-21(29)18-6-3-7-19(20(18)23)22(24,25)26/h3,6-11,14-15H,4-5,12-13H2,1-2H3,(H,27,29). The van der Waals surface area contributed by atoms with E-state index in [-0.39, 0.29) is 12.1 Å². The van der Waals surface area contributed by atoms with Gasteiger partial charge in [0, 0.05) is 24.8 Å². The molecule has 0 radical (unpaired) electrons. The summed E-state index contributed by atoms with van der Waals surface area (Å²) in [6.07, 6.45) is -2.20. The summed E-state index contributed by atoms with van der Waals surface area (Å²) in [7, 11) is 0. The smallest absolute Gasteiger partial charge is 0.369 e. The molecule has 2 atom stereocenters. The first-order valence-electron chi connectivity index (χ1n) is 9.68. The van der Waals surface area contributed by atoms with Crippen LogP contribution in [-0.2, 0) is 12.7 Å². The highest BCUT2D eigenvalue weighted by Gasteiger charge is 2.34. The van der Waals surface area contributed by atoms with E-state index >= 15 is 0 Å². The van der Waals surface area contributed by atoms with Gasteiger partial charge in [-0.2, -0.15) is 13.2 Å². The first-order chi connectivity index (χ1) is 13.7. The summed E-state index contributed by atoms with van der Waals surface area (Å²) in [5.41, 5.74) is 0.804. The predicted molar refractivity (Wildman–Crippen MR) is 109 cm³/mol. The summed E-state index contributed by atoms with van der Waals surface area (Å²) in [5, 5.41) is 2.06. The molecule has 0 aromatic heterocycles. The molecule has 0 aliphatic carbocycles. The summed E-state index contributed by atoms with van der Waals surface area (Å²) in [6, 6.07) is 11.7. The second-order valence-corrected chi connectivity index (χ2v) is 7.95. The van der Waals surface area contributed by atoms with Crippen molar-refractivity contribution in [3.63, 3.8) is 0 Å². The quantitative estimate of drug-likeness (QED) is 0.661. The maximum absolute atomic E-state index is 13.0. The lowest BCUT2D eigenvalue weighted by atomic mass is 9.91. The van der Waals surface area contributed by atoms with Crippen LogP contribution in [0.4, 0.5) is 18.9 Å². The molecule has 0 bridgehead atoms. The van der Waals surface area contributed by atoms with Crippen LogP contribution in [0.15, 0.2) is 42.5 Å². The van der Waals surface area contributed by atoms with E-state index in [1.807, 2.05) is 24.3 Å². The summed E-state index contributed by atoms with van der Waals surface area (Å²) in [6.45, 7) is 5.73. The van der Waals surface area contributed by atoms with Gasteiger partial charge in [-0.1, -0.05) is 36.7 Å². The van der Waals surface area contributed by atoms with E-state index in [1.54, 1.807) is 0 Å². The van der Waals surface area contributed by atoms with Crippen LogP contribution in [0.3, 0.4) is 0 Å². The van der Waals surface area contributed by atoms with E-state index in [0.29, 0.717) is 12.0 Å². The van der Waals surface area contributed by atoms with Crippen LogP contribution in [0.1, 0.15) is 48.2 Å². The fourth-order valence-electron chi connectivity index (χ4n) is 3.71. The Morgan fingerprint density at radius 3 is 2.52 bits per heavy atom. The van der Waals surface area contributed by atoms with Crippen LogP contribution in [0.25, 0.3) is 0 Å². The third kappa shape index (κ3) is 4.86. The van der Waals surface area contributed by atoms with Gasteiger partial charge in [0.1, 0.15) is 0 Å². The highest BCUT2D eigenvalue weighted by Crippen LogP contribution is 2.36. The van der Waals surface area contributed by atoms with Gasteiger partial charge in [0.05, 0.1) is 16.1 Å². The number of carbonyl (C=O) groups is 1. The SMILES string of the molecule is CC1CCCN(c2ccc(CNC(=O)c3cccc(C(F)(F)F)c3Cl)cc2)C1C. The van der Waals surface area contributed by atoms with E-state index in [9.17, 15) is 18.0 Å². The number of alkyl halides is 3. The lowest BCUT2D eigenvalue weighted by molar-refractivity contribution is -0.137. The van der Waals surface area contributed by atoms with Gasteiger partial charge in [-0.3, -0.25) is 4.79 Å².